The molecule has 1 aliphatic heterocycles. The Morgan fingerprint density at radius 2 is 2.18 bits per heavy atom. The molecule has 22 heavy (non-hydrogen) atoms. The zero-order chi connectivity index (χ0) is 16.3. The third-order valence-corrected chi connectivity index (χ3v) is 4.98. The number of Topliss-reactive ketones (excluding diaryl/α,β-unsaturated/α-hetero) is 1. The molecule has 120 valence electrons. The highest BCUT2D eigenvalue weighted by Crippen LogP contribution is 2.26. The first-order valence-electron chi connectivity index (χ1n) is 7.35. The summed E-state index contributed by atoms with van der Waals surface area (Å²) in [7, 11) is 0. The Balaban J connectivity index is 1.94. The lowest BCUT2D eigenvalue weighted by Gasteiger charge is -2.21. The molecule has 0 radical (unpaired) electrons. The molecule has 1 fully saturated rings. The molecule has 1 amide bonds. The zero-order valence-corrected chi connectivity index (χ0v) is 13.7. The van der Waals surface area contributed by atoms with E-state index >= 15 is 0 Å². The van der Waals surface area contributed by atoms with E-state index in [9.17, 15) is 14.0 Å². The normalized spacial score (nSPS) is 21.2. The largest absolute Gasteiger partial charge is 0.339 e. The Labute approximate surface area is 134 Å². The number of halogens is 1. The molecular weight excluding hydrogens is 303 g/mol. The minimum atomic E-state index is -0.539. The minimum Gasteiger partial charge on any atom is -0.339 e. The van der Waals surface area contributed by atoms with Gasteiger partial charge in [-0.1, -0.05) is 0 Å². The monoisotopic (exact) mass is 324 g/mol. The van der Waals surface area contributed by atoms with E-state index in [1.54, 1.807) is 6.07 Å². The highest BCUT2D eigenvalue weighted by molar-refractivity contribution is 8.00. The minimum absolute atomic E-state index is 0.0458. The number of hydrogen-bond donors (Lipinski definition) is 1. The fourth-order valence-corrected chi connectivity index (χ4v) is 3.57. The molecule has 2 N–H and O–H groups in total. The van der Waals surface area contributed by atoms with Crippen LogP contribution in [0.1, 0.15) is 30.6 Å². The lowest BCUT2D eigenvalue weighted by atomic mass is 10.1. The average molecular weight is 324 g/mol. The summed E-state index contributed by atoms with van der Waals surface area (Å²) in [5.41, 5.74) is 5.74. The van der Waals surface area contributed by atoms with Crippen LogP contribution in [0.2, 0.25) is 0 Å². The number of ketones is 1. The zero-order valence-electron chi connectivity index (χ0n) is 12.8. The van der Waals surface area contributed by atoms with Gasteiger partial charge in [-0.3, -0.25) is 9.59 Å². The van der Waals surface area contributed by atoms with Gasteiger partial charge in [0.05, 0.1) is 11.3 Å². The van der Waals surface area contributed by atoms with Crippen LogP contribution in [0.5, 0.6) is 0 Å². The second-order valence-corrected chi connectivity index (χ2v) is 6.77. The van der Waals surface area contributed by atoms with Gasteiger partial charge in [-0.25, -0.2) is 4.39 Å². The number of carbonyl (C=O) groups is 2. The van der Waals surface area contributed by atoms with Gasteiger partial charge in [0.15, 0.2) is 5.78 Å². The number of hydrogen-bond acceptors (Lipinski definition) is 4. The summed E-state index contributed by atoms with van der Waals surface area (Å²) >= 11 is 1.29. The van der Waals surface area contributed by atoms with E-state index < -0.39 is 5.82 Å². The van der Waals surface area contributed by atoms with Crippen molar-refractivity contribution in [2.24, 2.45) is 11.7 Å². The molecular formula is C16H21FN2O2S. The summed E-state index contributed by atoms with van der Waals surface area (Å²) in [5, 5.41) is 0. The molecule has 1 aromatic rings. The van der Waals surface area contributed by atoms with E-state index in [0.717, 1.165) is 6.42 Å². The van der Waals surface area contributed by atoms with Gasteiger partial charge in [-0.15, -0.1) is 11.8 Å². The predicted molar refractivity (Wildman–Crippen MR) is 85.5 cm³/mol. The number of thioether (sulfide) groups is 1. The quantitative estimate of drug-likeness (QED) is 0.667. The maximum absolute atomic E-state index is 13.7. The molecule has 2 atom stereocenters. The van der Waals surface area contributed by atoms with Gasteiger partial charge in [0.2, 0.25) is 5.91 Å². The van der Waals surface area contributed by atoms with Crippen LogP contribution >= 0.6 is 11.8 Å². The molecule has 2 unspecified atom stereocenters. The molecule has 1 aromatic carbocycles. The Bertz CT molecular complexity index is 579. The summed E-state index contributed by atoms with van der Waals surface area (Å²) in [6, 6.07) is 4.66. The van der Waals surface area contributed by atoms with Crippen molar-refractivity contribution in [2.75, 3.05) is 18.8 Å². The second-order valence-electron chi connectivity index (χ2n) is 5.72. The standard InChI is InChI=1S/C16H21FN2O2S/c1-10-5-12(7-18)8-19(10)16(21)9-22-13-3-4-14(11(2)20)15(17)6-13/h3-4,6,10,12H,5,7-9,18H2,1-2H3. The summed E-state index contributed by atoms with van der Waals surface area (Å²) in [4.78, 5) is 26.0. The molecule has 2 rings (SSSR count). The Kier molecular flexibility index (Phi) is 5.58. The van der Waals surface area contributed by atoms with E-state index in [1.807, 2.05) is 11.8 Å². The molecule has 0 spiro atoms. The third kappa shape index (κ3) is 3.87. The molecule has 1 heterocycles. The van der Waals surface area contributed by atoms with Crippen molar-refractivity contribution < 1.29 is 14.0 Å². The Morgan fingerprint density at radius 1 is 1.45 bits per heavy atom. The van der Waals surface area contributed by atoms with Gasteiger partial charge in [-0.05, 0) is 50.9 Å². The Morgan fingerprint density at radius 3 is 2.73 bits per heavy atom. The van der Waals surface area contributed by atoms with Crippen LogP contribution in [0, 0.1) is 11.7 Å². The smallest absolute Gasteiger partial charge is 0.233 e. The SMILES string of the molecule is CC(=O)c1ccc(SCC(=O)N2CC(CN)CC2C)cc1F. The third-order valence-electron chi connectivity index (χ3n) is 4.00. The maximum atomic E-state index is 13.7. The van der Waals surface area contributed by atoms with Crippen LogP contribution in [0.15, 0.2) is 23.1 Å². The number of likely N-dealkylation sites (tertiary alicyclic amines) is 1. The van der Waals surface area contributed by atoms with Crippen molar-refractivity contribution in [2.45, 2.75) is 31.2 Å². The maximum Gasteiger partial charge on any atom is 0.233 e. The average Bonchev–Trinajstić information content (AvgIpc) is 2.85. The number of nitrogens with two attached hydrogens (primary N) is 1. The molecule has 4 nitrogen and oxygen atoms in total. The fourth-order valence-electron chi connectivity index (χ4n) is 2.76. The molecule has 0 bridgehead atoms. The van der Waals surface area contributed by atoms with Gasteiger partial charge in [0.25, 0.3) is 0 Å². The van der Waals surface area contributed by atoms with E-state index in [4.69, 9.17) is 5.73 Å². The highest BCUT2D eigenvalue weighted by Gasteiger charge is 2.31. The van der Waals surface area contributed by atoms with Crippen LogP contribution in [0.25, 0.3) is 0 Å². The summed E-state index contributed by atoms with van der Waals surface area (Å²) in [6.07, 6.45) is 0.939. The summed E-state index contributed by atoms with van der Waals surface area (Å²) in [6.45, 7) is 4.66. The topological polar surface area (TPSA) is 63.4 Å². The molecule has 1 saturated heterocycles. The first-order chi connectivity index (χ1) is 10.4. The molecule has 0 saturated carbocycles. The van der Waals surface area contributed by atoms with Gasteiger partial charge < -0.3 is 10.6 Å². The van der Waals surface area contributed by atoms with Gasteiger partial charge >= 0.3 is 0 Å². The van der Waals surface area contributed by atoms with Crippen molar-refractivity contribution >= 4 is 23.5 Å². The van der Waals surface area contributed by atoms with E-state index in [0.29, 0.717) is 23.9 Å². The highest BCUT2D eigenvalue weighted by atomic mass is 32.2. The number of nitrogens with zero attached hydrogens (tertiary/aromatic N) is 1. The number of rotatable bonds is 5. The van der Waals surface area contributed by atoms with Crippen molar-refractivity contribution in [1.29, 1.82) is 0 Å². The van der Waals surface area contributed by atoms with Crippen molar-refractivity contribution in [3.8, 4) is 0 Å². The van der Waals surface area contributed by atoms with Crippen LogP contribution in [0.3, 0.4) is 0 Å². The Hall–Kier alpha value is -1.40. The van der Waals surface area contributed by atoms with Crippen LogP contribution in [-0.2, 0) is 4.79 Å². The van der Waals surface area contributed by atoms with Gasteiger partial charge in [-0.2, -0.15) is 0 Å². The van der Waals surface area contributed by atoms with E-state index in [2.05, 4.69) is 0 Å². The first kappa shape index (κ1) is 17.0. The summed E-state index contributed by atoms with van der Waals surface area (Å²) in [5.74, 6) is -0.159. The van der Waals surface area contributed by atoms with Crippen LogP contribution < -0.4 is 5.73 Å². The lowest BCUT2D eigenvalue weighted by molar-refractivity contribution is -0.128. The molecule has 1 aliphatic rings. The first-order valence-corrected chi connectivity index (χ1v) is 8.33. The van der Waals surface area contributed by atoms with Crippen molar-refractivity contribution in [1.82, 2.24) is 4.90 Å². The fraction of sp³-hybridized carbons (Fsp3) is 0.500. The van der Waals surface area contributed by atoms with Crippen molar-refractivity contribution in [3.05, 3.63) is 29.6 Å². The summed E-state index contributed by atoms with van der Waals surface area (Å²) < 4.78 is 13.7. The lowest BCUT2D eigenvalue weighted by Crippen LogP contribution is -2.35. The number of amides is 1. The molecule has 6 heteroatoms. The predicted octanol–water partition coefficient (Wildman–Crippen LogP) is 2.32. The second kappa shape index (κ2) is 7.24. The van der Waals surface area contributed by atoms with Gasteiger partial charge in [0, 0.05) is 17.5 Å². The van der Waals surface area contributed by atoms with E-state index in [1.165, 1.54) is 30.8 Å². The van der Waals surface area contributed by atoms with Crippen LogP contribution in [0.4, 0.5) is 4.39 Å². The van der Waals surface area contributed by atoms with E-state index in [-0.39, 0.29) is 29.0 Å². The van der Waals surface area contributed by atoms with Gasteiger partial charge in [0.1, 0.15) is 5.82 Å². The molecule has 0 aliphatic carbocycles. The van der Waals surface area contributed by atoms with Crippen LogP contribution in [-0.4, -0.2) is 41.5 Å². The van der Waals surface area contributed by atoms with Crippen molar-refractivity contribution in [3.63, 3.8) is 0 Å². The number of benzene rings is 1. The molecule has 0 aromatic heterocycles. The number of carbonyl (C=O) groups excluding carboxylic acids is 2.